The number of hydrogen-bond acceptors (Lipinski definition) is 6. The third-order valence-electron chi connectivity index (χ3n) is 2.70. The Morgan fingerprint density at radius 2 is 2.12 bits per heavy atom. The van der Waals surface area contributed by atoms with Crippen molar-refractivity contribution in [3.05, 3.63) is 28.7 Å². The first kappa shape index (κ1) is 9.88. The van der Waals surface area contributed by atoms with Gasteiger partial charge >= 0.3 is 0 Å². The third kappa shape index (κ3) is 1.22. The molecule has 2 atom stereocenters. The fourth-order valence-corrected chi connectivity index (χ4v) is 2.23. The minimum absolute atomic E-state index is 0.0490. The van der Waals surface area contributed by atoms with Crippen molar-refractivity contribution >= 4 is 27.5 Å². The fourth-order valence-electron chi connectivity index (χ4n) is 1.86. The van der Waals surface area contributed by atoms with Crippen LogP contribution in [0, 0.1) is 0 Å². The lowest BCUT2D eigenvalue weighted by Gasteiger charge is -2.46. The van der Waals surface area contributed by atoms with Gasteiger partial charge in [-0.3, -0.25) is 5.43 Å². The third-order valence-corrected chi connectivity index (χ3v) is 3.40. The van der Waals surface area contributed by atoms with Crippen molar-refractivity contribution in [2.45, 2.75) is 12.2 Å². The average molecular weight is 283 g/mol. The van der Waals surface area contributed by atoms with E-state index >= 15 is 0 Å². The zero-order chi connectivity index (χ0) is 11.3. The van der Waals surface area contributed by atoms with Crippen LogP contribution in [0.3, 0.4) is 0 Å². The highest BCUT2D eigenvalue weighted by Crippen LogP contribution is 2.32. The Kier molecular flexibility index (Phi) is 2.06. The van der Waals surface area contributed by atoms with Gasteiger partial charge in [-0.15, -0.1) is 10.2 Å². The monoisotopic (exact) mass is 282 g/mol. The van der Waals surface area contributed by atoms with Gasteiger partial charge in [0.2, 0.25) is 0 Å². The second kappa shape index (κ2) is 3.34. The molecule has 84 valence electrons. The number of benzene rings is 1. The normalized spacial score (nSPS) is 27.6. The van der Waals surface area contributed by atoms with E-state index in [1.165, 1.54) is 0 Å². The molecule has 2 unspecified atom stereocenters. The van der Waals surface area contributed by atoms with Crippen molar-refractivity contribution in [3.8, 4) is 0 Å². The molecule has 1 fully saturated rings. The van der Waals surface area contributed by atoms with Crippen LogP contribution < -0.4 is 16.9 Å². The van der Waals surface area contributed by atoms with Crippen molar-refractivity contribution in [1.29, 1.82) is 0 Å². The van der Waals surface area contributed by atoms with Crippen LogP contribution in [0.25, 0.3) is 0 Å². The maximum absolute atomic E-state index is 5.84. The molecule has 0 spiro atoms. The van der Waals surface area contributed by atoms with E-state index in [2.05, 4.69) is 26.5 Å². The highest BCUT2D eigenvalue weighted by atomic mass is 79.9. The first-order valence-electron chi connectivity index (χ1n) is 4.87. The number of anilines is 1. The summed E-state index contributed by atoms with van der Waals surface area (Å²) in [6.07, 6.45) is -0.144. The number of halogens is 1. The first-order valence-corrected chi connectivity index (χ1v) is 5.67. The molecule has 3 heterocycles. The van der Waals surface area contributed by atoms with Crippen molar-refractivity contribution in [2.24, 2.45) is 16.6 Å². The van der Waals surface area contributed by atoms with Gasteiger partial charge in [-0.1, -0.05) is 12.1 Å². The van der Waals surface area contributed by atoms with Crippen LogP contribution in [0.1, 0.15) is 0 Å². The molecule has 0 radical (unpaired) electrons. The van der Waals surface area contributed by atoms with Crippen molar-refractivity contribution < 1.29 is 0 Å². The Bertz CT molecular complexity index is 461. The summed E-state index contributed by atoms with van der Waals surface area (Å²) >= 11 is 3.46. The van der Waals surface area contributed by atoms with E-state index in [1.807, 2.05) is 29.4 Å². The van der Waals surface area contributed by atoms with Gasteiger partial charge in [0.25, 0.3) is 0 Å². The molecular formula is C9H11BrN6. The molecule has 16 heavy (non-hydrogen) atoms. The number of rotatable bonds is 2. The molecular weight excluding hydrogens is 272 g/mol. The van der Waals surface area contributed by atoms with E-state index in [4.69, 9.17) is 11.5 Å². The Morgan fingerprint density at radius 3 is 2.69 bits per heavy atom. The summed E-state index contributed by atoms with van der Waals surface area (Å²) in [5.41, 5.74) is 15.7. The molecule has 7 heteroatoms. The molecule has 6 nitrogen and oxygen atoms in total. The van der Waals surface area contributed by atoms with Crippen LogP contribution in [0.2, 0.25) is 0 Å². The van der Waals surface area contributed by atoms with Gasteiger partial charge < -0.3 is 11.5 Å². The number of hydrazone groups is 1. The van der Waals surface area contributed by atoms with Crippen LogP contribution in [-0.4, -0.2) is 28.3 Å². The second-order valence-corrected chi connectivity index (χ2v) is 4.57. The molecule has 0 amide bonds. The smallest absolute Gasteiger partial charge is 0.147 e. The Morgan fingerprint density at radius 1 is 1.38 bits per heavy atom. The van der Waals surface area contributed by atoms with Crippen molar-refractivity contribution in [1.82, 2.24) is 10.2 Å². The van der Waals surface area contributed by atoms with Crippen LogP contribution in [-0.2, 0) is 0 Å². The quantitative estimate of drug-likeness (QED) is 0.724. The maximum atomic E-state index is 5.84. The molecule has 0 saturated carbocycles. The summed E-state index contributed by atoms with van der Waals surface area (Å²) in [7, 11) is 0. The molecule has 1 saturated heterocycles. The lowest BCUT2D eigenvalue weighted by atomic mass is 10.2. The van der Waals surface area contributed by atoms with E-state index in [0.29, 0.717) is 5.84 Å². The average Bonchev–Trinajstić information content (AvgIpc) is 2.74. The molecule has 3 aliphatic heterocycles. The fraction of sp³-hybridized carbons (Fsp3) is 0.222. The van der Waals surface area contributed by atoms with Crippen LogP contribution in [0.5, 0.6) is 0 Å². The number of hydrazine groups is 2. The number of nitrogens with one attached hydrogen (secondary N) is 1. The van der Waals surface area contributed by atoms with Gasteiger partial charge in [0.15, 0.2) is 0 Å². The van der Waals surface area contributed by atoms with Crippen molar-refractivity contribution in [3.63, 3.8) is 0 Å². The number of para-hydroxylation sites is 1. The standard InChI is InChI=1S/C9H11BrN6/c10-5-3-1-2-4-6(5)13-15-7-8(11)14-16(15)9(7)12/h1-4,7,9,13H,12H2,(H2,11,14). The first-order chi connectivity index (χ1) is 7.68. The van der Waals surface area contributed by atoms with Crippen LogP contribution >= 0.6 is 15.9 Å². The molecule has 1 aromatic rings. The van der Waals surface area contributed by atoms with Gasteiger partial charge in [-0.2, -0.15) is 5.12 Å². The second-order valence-electron chi connectivity index (χ2n) is 3.72. The zero-order valence-electron chi connectivity index (χ0n) is 8.34. The predicted molar refractivity (Wildman–Crippen MR) is 64.8 cm³/mol. The summed E-state index contributed by atoms with van der Waals surface area (Å²) in [6.45, 7) is 0. The van der Waals surface area contributed by atoms with Gasteiger partial charge in [0.05, 0.1) is 5.69 Å². The summed E-state index contributed by atoms with van der Waals surface area (Å²) < 4.78 is 0.981. The lowest BCUT2D eigenvalue weighted by molar-refractivity contribution is -0.143. The Hall–Kier alpha value is -1.31. The minimum Gasteiger partial charge on any atom is -0.384 e. The summed E-state index contributed by atoms with van der Waals surface area (Å²) in [4.78, 5) is 0. The van der Waals surface area contributed by atoms with Crippen molar-refractivity contribution in [2.75, 3.05) is 5.43 Å². The highest BCUT2D eigenvalue weighted by molar-refractivity contribution is 9.10. The number of nitrogens with zero attached hydrogens (tertiary/aromatic N) is 3. The lowest BCUT2D eigenvalue weighted by Crippen LogP contribution is -2.72. The minimum atomic E-state index is -0.144. The molecule has 4 rings (SSSR count). The van der Waals surface area contributed by atoms with Gasteiger partial charge in [-0.05, 0) is 28.1 Å². The Labute approximate surface area is 101 Å². The largest absolute Gasteiger partial charge is 0.384 e. The van der Waals surface area contributed by atoms with E-state index in [9.17, 15) is 0 Å². The van der Waals surface area contributed by atoms with E-state index in [-0.39, 0.29) is 12.2 Å². The van der Waals surface area contributed by atoms with Gasteiger partial charge in [-0.25, -0.2) is 0 Å². The van der Waals surface area contributed by atoms with E-state index in [1.54, 1.807) is 5.12 Å². The zero-order valence-corrected chi connectivity index (χ0v) is 9.92. The van der Waals surface area contributed by atoms with Crippen LogP contribution in [0.4, 0.5) is 5.69 Å². The number of amidine groups is 1. The molecule has 3 aliphatic rings. The molecule has 2 bridgehead atoms. The molecule has 0 aromatic heterocycles. The maximum Gasteiger partial charge on any atom is 0.147 e. The SMILES string of the molecule is NC1=NN2C(N)C1N2Nc1ccccc1Br. The molecule has 1 aromatic carbocycles. The summed E-state index contributed by atoms with van der Waals surface area (Å²) in [5, 5.41) is 7.56. The topological polar surface area (TPSA) is 82.9 Å². The van der Waals surface area contributed by atoms with E-state index in [0.717, 1.165) is 10.2 Å². The summed E-state index contributed by atoms with van der Waals surface area (Å²) in [5.74, 6) is 0.548. The highest BCUT2D eigenvalue weighted by Gasteiger charge is 2.53. The van der Waals surface area contributed by atoms with E-state index < -0.39 is 0 Å². The summed E-state index contributed by atoms with van der Waals surface area (Å²) in [6, 6.07) is 7.78. The molecule has 0 aliphatic carbocycles. The van der Waals surface area contributed by atoms with Gasteiger partial charge in [0.1, 0.15) is 18.0 Å². The number of hydrogen-bond donors (Lipinski definition) is 3. The predicted octanol–water partition coefficient (Wildman–Crippen LogP) is 0.248. The molecule has 5 N–H and O–H groups in total. The van der Waals surface area contributed by atoms with Gasteiger partial charge in [0, 0.05) is 4.47 Å². The number of nitrogens with two attached hydrogens (primary N) is 2. The Balaban J connectivity index is 1.78. The van der Waals surface area contributed by atoms with Crippen LogP contribution in [0.15, 0.2) is 33.8 Å².